The number of anilines is 2. The molecule has 0 amide bonds. The number of hydrogen-bond acceptors (Lipinski definition) is 10. The number of aromatic hydroxyl groups is 1. The normalized spacial score (nSPS) is 11.2. The Balaban J connectivity index is 1.89. The molecule has 0 saturated carbocycles. The highest BCUT2D eigenvalue weighted by atomic mass is 32.2. The van der Waals surface area contributed by atoms with Gasteiger partial charge in [0.15, 0.2) is 11.5 Å². The number of hydrazone groups is 1. The maximum atomic E-state index is 12.8. The standard InChI is InChI=1S/C22H20N4O9S/c1-34-19-9-13(10-20(35-2)21(19)27)12-23-24-17-8-7-14(11-18(17)26(30)31)36(32,33)25-16-6-4-3-5-15(16)22(28)29/h3-12,24-25,27H,1-2H3,(H,28,29). The van der Waals surface area contributed by atoms with Crippen molar-refractivity contribution < 1.29 is 37.8 Å². The molecule has 0 aliphatic carbocycles. The fourth-order valence-corrected chi connectivity index (χ4v) is 4.15. The summed E-state index contributed by atoms with van der Waals surface area (Å²) in [6.45, 7) is 0. The summed E-state index contributed by atoms with van der Waals surface area (Å²) in [5, 5.41) is 34.7. The number of carboxylic acid groups (broad SMARTS) is 1. The summed E-state index contributed by atoms with van der Waals surface area (Å²) in [5.74, 6) is -1.32. The van der Waals surface area contributed by atoms with Crippen LogP contribution >= 0.6 is 0 Å². The van der Waals surface area contributed by atoms with Crippen LogP contribution in [0.2, 0.25) is 0 Å². The number of rotatable bonds is 10. The number of nitrogens with zero attached hydrogens (tertiary/aromatic N) is 2. The van der Waals surface area contributed by atoms with Gasteiger partial charge < -0.3 is 19.7 Å². The van der Waals surface area contributed by atoms with Gasteiger partial charge in [0.25, 0.3) is 15.7 Å². The SMILES string of the molecule is COc1cc(C=NNc2ccc(S(=O)(=O)Nc3ccccc3C(=O)O)cc2[N+](=O)[O-])cc(OC)c1O. The zero-order chi connectivity index (χ0) is 26.5. The summed E-state index contributed by atoms with van der Waals surface area (Å²) in [6.07, 6.45) is 1.28. The number of carbonyl (C=O) groups is 1. The third kappa shape index (κ3) is 5.61. The molecule has 3 aromatic rings. The second-order valence-electron chi connectivity index (χ2n) is 7.04. The van der Waals surface area contributed by atoms with Gasteiger partial charge in [-0.3, -0.25) is 20.3 Å². The maximum Gasteiger partial charge on any atom is 0.337 e. The van der Waals surface area contributed by atoms with Crippen molar-refractivity contribution in [1.82, 2.24) is 0 Å². The second-order valence-corrected chi connectivity index (χ2v) is 8.72. The second kappa shape index (κ2) is 10.6. The van der Waals surface area contributed by atoms with E-state index in [1.807, 2.05) is 0 Å². The third-order valence-electron chi connectivity index (χ3n) is 4.78. The van der Waals surface area contributed by atoms with Crippen LogP contribution < -0.4 is 19.6 Å². The van der Waals surface area contributed by atoms with Crippen molar-refractivity contribution in [3.05, 3.63) is 75.8 Å². The zero-order valence-corrected chi connectivity index (χ0v) is 19.6. The third-order valence-corrected chi connectivity index (χ3v) is 6.14. The van der Waals surface area contributed by atoms with E-state index >= 15 is 0 Å². The summed E-state index contributed by atoms with van der Waals surface area (Å²) in [7, 11) is -1.66. The van der Waals surface area contributed by atoms with Crippen LogP contribution in [0.1, 0.15) is 15.9 Å². The molecule has 188 valence electrons. The van der Waals surface area contributed by atoms with E-state index in [2.05, 4.69) is 15.2 Å². The zero-order valence-electron chi connectivity index (χ0n) is 18.8. The van der Waals surface area contributed by atoms with E-state index in [0.717, 1.165) is 18.2 Å². The molecule has 0 heterocycles. The molecule has 4 N–H and O–H groups in total. The number of hydrogen-bond donors (Lipinski definition) is 4. The first-order chi connectivity index (χ1) is 17.1. The molecule has 3 aromatic carbocycles. The van der Waals surface area contributed by atoms with Crippen molar-refractivity contribution >= 4 is 39.3 Å². The van der Waals surface area contributed by atoms with Gasteiger partial charge >= 0.3 is 5.97 Å². The Hall–Kier alpha value is -4.85. The molecule has 13 nitrogen and oxygen atoms in total. The minimum absolute atomic E-state index is 0.112. The molecular formula is C22H20N4O9S. The molecule has 0 unspecified atom stereocenters. The topological polar surface area (TPSA) is 190 Å². The van der Waals surface area contributed by atoms with E-state index in [1.54, 1.807) is 0 Å². The molecule has 0 bridgehead atoms. The highest BCUT2D eigenvalue weighted by Gasteiger charge is 2.23. The van der Waals surface area contributed by atoms with Gasteiger partial charge in [0, 0.05) is 11.6 Å². The lowest BCUT2D eigenvalue weighted by Gasteiger charge is -2.11. The molecular weight excluding hydrogens is 496 g/mol. The number of nitro groups is 1. The van der Waals surface area contributed by atoms with Crippen molar-refractivity contribution in [1.29, 1.82) is 0 Å². The Morgan fingerprint density at radius 1 is 1.06 bits per heavy atom. The lowest BCUT2D eigenvalue weighted by atomic mass is 10.2. The van der Waals surface area contributed by atoms with Gasteiger partial charge in [0.2, 0.25) is 5.75 Å². The van der Waals surface area contributed by atoms with Crippen molar-refractivity contribution in [2.45, 2.75) is 4.90 Å². The minimum Gasteiger partial charge on any atom is -0.502 e. The van der Waals surface area contributed by atoms with E-state index in [0.29, 0.717) is 5.56 Å². The average Bonchev–Trinajstić information content (AvgIpc) is 2.84. The number of methoxy groups -OCH3 is 2. The Morgan fingerprint density at radius 2 is 1.69 bits per heavy atom. The van der Waals surface area contributed by atoms with Crippen molar-refractivity contribution in [2.24, 2.45) is 5.10 Å². The quantitative estimate of drug-likeness (QED) is 0.177. The van der Waals surface area contributed by atoms with E-state index in [4.69, 9.17) is 9.47 Å². The summed E-state index contributed by atoms with van der Waals surface area (Å²) in [6, 6.07) is 11.3. The number of sulfonamides is 1. The molecule has 3 rings (SSSR count). The number of nitrogens with one attached hydrogen (secondary N) is 2. The summed E-state index contributed by atoms with van der Waals surface area (Å²) in [5.41, 5.74) is 1.71. The van der Waals surface area contributed by atoms with Crippen LogP contribution in [0.3, 0.4) is 0 Å². The number of nitro benzene ring substituents is 1. The van der Waals surface area contributed by atoms with E-state index in [1.165, 1.54) is 56.8 Å². The smallest absolute Gasteiger partial charge is 0.337 e. The number of carboxylic acids is 1. The minimum atomic E-state index is -4.36. The predicted octanol–water partition coefficient (Wildman–Crippen LogP) is 3.26. The molecule has 14 heteroatoms. The number of ether oxygens (including phenoxy) is 2. The molecule has 0 saturated heterocycles. The highest BCUT2D eigenvalue weighted by Crippen LogP contribution is 2.36. The lowest BCUT2D eigenvalue weighted by Crippen LogP contribution is -2.16. The fourth-order valence-electron chi connectivity index (χ4n) is 3.05. The first kappa shape index (κ1) is 25.8. The number of benzene rings is 3. The molecule has 0 radical (unpaired) electrons. The first-order valence-corrected chi connectivity index (χ1v) is 11.4. The van der Waals surface area contributed by atoms with E-state index in [-0.39, 0.29) is 34.2 Å². The van der Waals surface area contributed by atoms with Crippen LogP contribution in [0, 0.1) is 10.1 Å². The van der Waals surface area contributed by atoms with E-state index < -0.39 is 31.5 Å². The number of phenolic OH excluding ortho intramolecular Hbond substituents is 1. The van der Waals surface area contributed by atoms with E-state index in [9.17, 15) is 33.5 Å². The molecule has 0 aliphatic rings. The largest absolute Gasteiger partial charge is 0.502 e. The van der Waals surface area contributed by atoms with Crippen molar-refractivity contribution in [2.75, 3.05) is 24.4 Å². The summed E-state index contributed by atoms with van der Waals surface area (Å²) < 4.78 is 37.8. The van der Waals surface area contributed by atoms with Crippen LogP contribution in [0.5, 0.6) is 17.2 Å². The van der Waals surface area contributed by atoms with Crippen LogP contribution in [0.25, 0.3) is 0 Å². The lowest BCUT2D eigenvalue weighted by molar-refractivity contribution is -0.384. The summed E-state index contributed by atoms with van der Waals surface area (Å²) in [4.78, 5) is 21.7. The summed E-state index contributed by atoms with van der Waals surface area (Å²) >= 11 is 0. The molecule has 0 atom stereocenters. The van der Waals surface area contributed by atoms with Gasteiger partial charge in [-0.1, -0.05) is 12.1 Å². The Morgan fingerprint density at radius 3 is 2.28 bits per heavy atom. The molecule has 0 aromatic heterocycles. The Bertz CT molecular complexity index is 1430. The van der Waals surface area contributed by atoms with Crippen LogP contribution in [0.4, 0.5) is 17.1 Å². The van der Waals surface area contributed by atoms with Gasteiger partial charge in [-0.05, 0) is 36.4 Å². The van der Waals surface area contributed by atoms with Gasteiger partial charge in [-0.25, -0.2) is 13.2 Å². The van der Waals surface area contributed by atoms with Crippen molar-refractivity contribution in [3.8, 4) is 17.2 Å². The predicted molar refractivity (Wildman–Crippen MR) is 130 cm³/mol. The number of aromatic carboxylic acids is 1. The van der Waals surface area contributed by atoms with Crippen molar-refractivity contribution in [3.63, 3.8) is 0 Å². The molecule has 0 aliphatic heterocycles. The number of para-hydroxylation sites is 1. The monoisotopic (exact) mass is 516 g/mol. The molecule has 0 fully saturated rings. The first-order valence-electron chi connectivity index (χ1n) is 9.95. The Labute approximate surface area is 204 Å². The van der Waals surface area contributed by atoms with Gasteiger partial charge in [-0.15, -0.1) is 0 Å². The van der Waals surface area contributed by atoms with Gasteiger partial charge in [0.05, 0.1) is 41.5 Å². The fraction of sp³-hybridized carbons (Fsp3) is 0.0909. The number of phenols is 1. The average molecular weight is 516 g/mol. The van der Waals surface area contributed by atoms with Gasteiger partial charge in [-0.2, -0.15) is 5.10 Å². The Kier molecular flexibility index (Phi) is 7.59. The van der Waals surface area contributed by atoms with Crippen LogP contribution in [0.15, 0.2) is 64.6 Å². The van der Waals surface area contributed by atoms with Gasteiger partial charge in [0.1, 0.15) is 5.69 Å². The maximum absolute atomic E-state index is 12.8. The van der Waals surface area contributed by atoms with Crippen LogP contribution in [-0.2, 0) is 10.0 Å². The highest BCUT2D eigenvalue weighted by molar-refractivity contribution is 7.92. The molecule has 36 heavy (non-hydrogen) atoms. The molecule has 0 spiro atoms. The van der Waals surface area contributed by atoms with Crippen LogP contribution in [-0.4, -0.2) is 50.0 Å².